The Morgan fingerprint density at radius 1 is 1.29 bits per heavy atom. The van der Waals surface area contributed by atoms with Crippen LogP contribution in [0.2, 0.25) is 5.02 Å². The minimum Gasteiger partial charge on any atom is -0.495 e. The Bertz CT molecular complexity index is 769. The number of benzene rings is 1. The molecule has 108 valence electrons. The first-order valence-corrected chi connectivity index (χ1v) is 7.05. The second-order valence-electron chi connectivity index (χ2n) is 4.75. The fraction of sp³-hybridized carbons (Fsp3) is 0.188. The van der Waals surface area contributed by atoms with Crippen molar-refractivity contribution in [1.82, 2.24) is 14.9 Å². The van der Waals surface area contributed by atoms with Gasteiger partial charge in [0.2, 0.25) is 0 Å². The third kappa shape index (κ3) is 2.48. The summed E-state index contributed by atoms with van der Waals surface area (Å²) in [5.74, 6) is 0.672. The molecule has 5 heteroatoms. The van der Waals surface area contributed by atoms with Crippen molar-refractivity contribution in [3.63, 3.8) is 0 Å². The number of ether oxygens (including phenoxy) is 1. The monoisotopic (exact) mass is 301 g/mol. The van der Waals surface area contributed by atoms with E-state index in [2.05, 4.69) is 16.5 Å². The van der Waals surface area contributed by atoms with Gasteiger partial charge in [-0.2, -0.15) is 5.10 Å². The summed E-state index contributed by atoms with van der Waals surface area (Å²) in [6.45, 7) is 0. The smallest absolute Gasteiger partial charge is 0.137 e. The summed E-state index contributed by atoms with van der Waals surface area (Å²) in [6, 6.07) is 11.9. The van der Waals surface area contributed by atoms with Crippen molar-refractivity contribution in [2.75, 3.05) is 14.2 Å². The van der Waals surface area contributed by atoms with Gasteiger partial charge in [-0.25, -0.2) is 4.52 Å². The molecule has 0 bridgehead atoms. The van der Waals surface area contributed by atoms with Crippen molar-refractivity contribution < 1.29 is 4.74 Å². The van der Waals surface area contributed by atoms with Crippen molar-refractivity contribution in [2.24, 2.45) is 0 Å². The molecule has 0 saturated heterocycles. The normalized spacial score (nSPS) is 12.5. The molecule has 4 nitrogen and oxygen atoms in total. The molecule has 0 aliphatic heterocycles. The zero-order valence-corrected chi connectivity index (χ0v) is 12.6. The average molecular weight is 302 g/mol. The van der Waals surface area contributed by atoms with Gasteiger partial charge in [0.1, 0.15) is 5.75 Å². The molecule has 21 heavy (non-hydrogen) atoms. The lowest BCUT2D eigenvalue weighted by Crippen LogP contribution is -2.17. The van der Waals surface area contributed by atoms with Crippen LogP contribution in [0.4, 0.5) is 0 Å². The Morgan fingerprint density at radius 2 is 2.14 bits per heavy atom. The summed E-state index contributed by atoms with van der Waals surface area (Å²) < 4.78 is 7.17. The number of fused-ring (bicyclic) bond motifs is 1. The van der Waals surface area contributed by atoms with Gasteiger partial charge in [-0.1, -0.05) is 23.7 Å². The van der Waals surface area contributed by atoms with Crippen molar-refractivity contribution in [3.05, 3.63) is 64.9 Å². The minimum atomic E-state index is 0.0241. The van der Waals surface area contributed by atoms with Crippen molar-refractivity contribution >= 4 is 17.1 Å². The molecule has 1 N–H and O–H groups in total. The molecular weight excluding hydrogens is 286 g/mol. The van der Waals surface area contributed by atoms with E-state index in [4.69, 9.17) is 16.3 Å². The molecule has 0 fully saturated rings. The first-order chi connectivity index (χ1) is 10.2. The summed E-state index contributed by atoms with van der Waals surface area (Å²) >= 11 is 6.10. The Labute approximate surface area is 128 Å². The lowest BCUT2D eigenvalue weighted by atomic mass is 10.00. The standard InChI is InChI=1S/C16H16ClN3O/c1-18-16(11-6-7-13(17)15(9-11)21-2)12-10-19-20-8-4-3-5-14(12)20/h3-10,16,18H,1-2H3. The zero-order chi connectivity index (χ0) is 14.8. The average Bonchev–Trinajstić information content (AvgIpc) is 2.94. The van der Waals surface area contributed by atoms with E-state index in [1.165, 1.54) is 0 Å². The van der Waals surface area contributed by atoms with Crippen molar-refractivity contribution in [3.8, 4) is 5.75 Å². The number of hydrogen-bond acceptors (Lipinski definition) is 3. The quantitative estimate of drug-likeness (QED) is 0.803. The van der Waals surface area contributed by atoms with E-state index in [0.717, 1.165) is 16.6 Å². The summed E-state index contributed by atoms with van der Waals surface area (Å²) in [5, 5.41) is 8.33. The molecule has 0 saturated carbocycles. The molecule has 0 aliphatic rings. The highest BCUT2D eigenvalue weighted by Gasteiger charge is 2.18. The molecule has 0 spiro atoms. The van der Waals surface area contributed by atoms with Crippen LogP contribution >= 0.6 is 11.6 Å². The summed E-state index contributed by atoms with van der Waals surface area (Å²) in [6.07, 6.45) is 3.82. The maximum absolute atomic E-state index is 6.10. The number of methoxy groups -OCH3 is 1. The topological polar surface area (TPSA) is 38.6 Å². The summed E-state index contributed by atoms with van der Waals surface area (Å²) in [4.78, 5) is 0. The van der Waals surface area contributed by atoms with E-state index >= 15 is 0 Å². The molecular formula is C16H16ClN3O. The number of rotatable bonds is 4. The van der Waals surface area contributed by atoms with Gasteiger partial charge in [0, 0.05) is 11.8 Å². The Hall–Kier alpha value is -2.04. The van der Waals surface area contributed by atoms with Gasteiger partial charge in [-0.3, -0.25) is 0 Å². The predicted octanol–water partition coefficient (Wildman–Crippen LogP) is 3.31. The summed E-state index contributed by atoms with van der Waals surface area (Å²) in [7, 11) is 3.55. The molecule has 1 aromatic carbocycles. The van der Waals surface area contributed by atoms with Gasteiger partial charge in [0.15, 0.2) is 0 Å². The van der Waals surface area contributed by atoms with Crippen LogP contribution < -0.4 is 10.1 Å². The Kier molecular flexibility index (Phi) is 3.82. The van der Waals surface area contributed by atoms with Gasteiger partial charge in [0.05, 0.1) is 29.9 Å². The highest BCUT2D eigenvalue weighted by molar-refractivity contribution is 6.32. The van der Waals surface area contributed by atoms with E-state index in [1.807, 2.05) is 54.3 Å². The molecule has 2 heterocycles. The van der Waals surface area contributed by atoms with Crippen molar-refractivity contribution in [1.29, 1.82) is 0 Å². The van der Waals surface area contributed by atoms with E-state index < -0.39 is 0 Å². The molecule has 1 atom stereocenters. The number of aromatic nitrogens is 2. The maximum Gasteiger partial charge on any atom is 0.137 e. The fourth-order valence-electron chi connectivity index (χ4n) is 2.53. The van der Waals surface area contributed by atoms with Crippen LogP contribution in [0, 0.1) is 0 Å². The Morgan fingerprint density at radius 3 is 2.90 bits per heavy atom. The van der Waals surface area contributed by atoms with Crippen LogP contribution in [-0.2, 0) is 0 Å². The van der Waals surface area contributed by atoms with Crippen molar-refractivity contribution in [2.45, 2.75) is 6.04 Å². The lowest BCUT2D eigenvalue weighted by Gasteiger charge is -2.17. The summed E-state index contributed by atoms with van der Waals surface area (Å²) in [5.41, 5.74) is 3.27. The molecule has 1 unspecified atom stereocenters. The highest BCUT2D eigenvalue weighted by Crippen LogP contribution is 2.31. The minimum absolute atomic E-state index is 0.0241. The van der Waals surface area contributed by atoms with E-state index in [1.54, 1.807) is 7.11 Å². The predicted molar refractivity (Wildman–Crippen MR) is 84.1 cm³/mol. The van der Waals surface area contributed by atoms with Gasteiger partial charge < -0.3 is 10.1 Å². The van der Waals surface area contributed by atoms with Gasteiger partial charge in [-0.05, 0) is 36.9 Å². The maximum atomic E-state index is 6.10. The molecule has 3 aromatic rings. The number of halogens is 1. The van der Waals surface area contributed by atoms with Crippen LogP contribution in [-0.4, -0.2) is 23.8 Å². The number of pyridine rings is 1. The third-order valence-corrected chi connectivity index (χ3v) is 3.88. The van der Waals surface area contributed by atoms with E-state index in [-0.39, 0.29) is 6.04 Å². The van der Waals surface area contributed by atoms with Crippen LogP contribution in [0.15, 0.2) is 48.8 Å². The number of nitrogens with zero attached hydrogens (tertiary/aromatic N) is 2. The van der Waals surface area contributed by atoms with Crippen LogP contribution in [0.25, 0.3) is 5.52 Å². The van der Waals surface area contributed by atoms with Gasteiger partial charge >= 0.3 is 0 Å². The van der Waals surface area contributed by atoms with Gasteiger partial charge in [-0.15, -0.1) is 0 Å². The number of hydrogen-bond donors (Lipinski definition) is 1. The number of nitrogens with one attached hydrogen (secondary N) is 1. The largest absolute Gasteiger partial charge is 0.495 e. The SMILES string of the molecule is CNC(c1ccc(Cl)c(OC)c1)c1cnn2ccccc12. The van der Waals surface area contributed by atoms with Crippen LogP contribution in [0.3, 0.4) is 0 Å². The molecule has 0 radical (unpaired) electrons. The lowest BCUT2D eigenvalue weighted by molar-refractivity contribution is 0.414. The molecule has 0 aliphatic carbocycles. The van der Waals surface area contributed by atoms with Crippen LogP contribution in [0.1, 0.15) is 17.2 Å². The first-order valence-electron chi connectivity index (χ1n) is 6.67. The highest BCUT2D eigenvalue weighted by atomic mass is 35.5. The van der Waals surface area contributed by atoms with Crippen LogP contribution in [0.5, 0.6) is 5.75 Å². The Balaban J connectivity index is 2.10. The van der Waals surface area contributed by atoms with E-state index in [9.17, 15) is 0 Å². The zero-order valence-electron chi connectivity index (χ0n) is 11.9. The molecule has 2 aromatic heterocycles. The van der Waals surface area contributed by atoms with Gasteiger partial charge in [0.25, 0.3) is 0 Å². The third-order valence-electron chi connectivity index (χ3n) is 3.56. The second-order valence-corrected chi connectivity index (χ2v) is 5.15. The van der Waals surface area contributed by atoms with E-state index in [0.29, 0.717) is 10.8 Å². The fourth-order valence-corrected chi connectivity index (χ4v) is 2.73. The first kappa shape index (κ1) is 13.9. The molecule has 3 rings (SSSR count). The molecule has 0 amide bonds. The second kappa shape index (κ2) is 5.76.